The van der Waals surface area contributed by atoms with Crippen molar-refractivity contribution in [2.45, 2.75) is 63.9 Å². The van der Waals surface area contributed by atoms with E-state index in [4.69, 9.17) is 23.7 Å². The predicted molar refractivity (Wildman–Crippen MR) is 85.8 cm³/mol. The Labute approximate surface area is 135 Å². The van der Waals surface area contributed by atoms with Crippen LogP contribution in [0.5, 0.6) is 0 Å². The lowest BCUT2D eigenvalue weighted by molar-refractivity contribution is -0.381. The minimum absolute atomic E-state index is 0.161. The zero-order valence-corrected chi connectivity index (χ0v) is 14.8. The van der Waals surface area contributed by atoms with Gasteiger partial charge in [0, 0.05) is 33.9 Å². The maximum Gasteiger partial charge on any atom is 0.285 e. The minimum atomic E-state index is -0.968. The van der Waals surface area contributed by atoms with E-state index in [9.17, 15) is 0 Å². The number of rotatable bonds is 15. The van der Waals surface area contributed by atoms with E-state index in [-0.39, 0.29) is 5.92 Å². The Morgan fingerprint density at radius 3 is 2.18 bits per heavy atom. The molecule has 132 valence electrons. The van der Waals surface area contributed by atoms with Crippen molar-refractivity contribution in [3.05, 3.63) is 0 Å². The molecule has 0 aromatic rings. The lowest BCUT2D eigenvalue weighted by Gasteiger charge is -2.36. The van der Waals surface area contributed by atoms with Crippen molar-refractivity contribution in [2.75, 3.05) is 41.2 Å². The van der Waals surface area contributed by atoms with Gasteiger partial charge in [-0.2, -0.15) is 0 Å². The molecule has 0 aromatic heterocycles. The second-order valence-electron chi connectivity index (χ2n) is 5.93. The summed E-state index contributed by atoms with van der Waals surface area (Å²) in [6, 6.07) is 0. The van der Waals surface area contributed by atoms with Gasteiger partial charge in [0.15, 0.2) is 0 Å². The Morgan fingerprint density at radius 1 is 1.00 bits per heavy atom. The molecule has 5 nitrogen and oxygen atoms in total. The third-order valence-corrected chi connectivity index (χ3v) is 4.33. The summed E-state index contributed by atoms with van der Waals surface area (Å²) < 4.78 is 27.4. The highest BCUT2D eigenvalue weighted by Gasteiger charge is 2.39. The molecule has 0 bridgehead atoms. The lowest BCUT2D eigenvalue weighted by Crippen LogP contribution is -2.44. The van der Waals surface area contributed by atoms with E-state index in [1.165, 1.54) is 25.7 Å². The molecule has 5 heteroatoms. The maximum atomic E-state index is 5.67. The van der Waals surface area contributed by atoms with Crippen LogP contribution in [0.4, 0.5) is 0 Å². The van der Waals surface area contributed by atoms with Crippen LogP contribution >= 0.6 is 0 Å². The maximum absolute atomic E-state index is 5.67. The van der Waals surface area contributed by atoms with Crippen molar-refractivity contribution in [1.29, 1.82) is 0 Å². The molecule has 0 radical (unpaired) electrons. The van der Waals surface area contributed by atoms with Crippen LogP contribution in [0.25, 0.3) is 0 Å². The minimum Gasteiger partial charge on any atom is -0.379 e. The SMILES string of the molecule is CCCCCCCC(CCOCC1CO1)C(OC)(OC)OC. The molecule has 1 aliphatic rings. The number of hydrogen-bond acceptors (Lipinski definition) is 5. The quantitative estimate of drug-likeness (QED) is 0.263. The van der Waals surface area contributed by atoms with Crippen molar-refractivity contribution in [3.8, 4) is 0 Å². The molecule has 1 saturated heterocycles. The van der Waals surface area contributed by atoms with Crippen LogP contribution in [0.2, 0.25) is 0 Å². The molecule has 0 amide bonds. The van der Waals surface area contributed by atoms with Crippen LogP contribution in [0.1, 0.15) is 51.9 Å². The summed E-state index contributed by atoms with van der Waals surface area (Å²) >= 11 is 0. The fourth-order valence-electron chi connectivity index (χ4n) is 2.85. The van der Waals surface area contributed by atoms with Crippen molar-refractivity contribution < 1.29 is 23.7 Å². The van der Waals surface area contributed by atoms with Crippen molar-refractivity contribution in [3.63, 3.8) is 0 Å². The van der Waals surface area contributed by atoms with Gasteiger partial charge in [0.2, 0.25) is 0 Å². The number of ether oxygens (including phenoxy) is 5. The van der Waals surface area contributed by atoms with Gasteiger partial charge in [-0.15, -0.1) is 0 Å². The van der Waals surface area contributed by atoms with Gasteiger partial charge < -0.3 is 23.7 Å². The number of unbranched alkanes of at least 4 members (excludes halogenated alkanes) is 4. The summed E-state index contributed by atoms with van der Waals surface area (Å²) in [4.78, 5) is 0. The number of epoxide rings is 1. The van der Waals surface area contributed by atoms with Gasteiger partial charge in [0.25, 0.3) is 5.97 Å². The molecule has 22 heavy (non-hydrogen) atoms. The Kier molecular flexibility index (Phi) is 10.2. The molecular weight excluding hydrogens is 284 g/mol. The predicted octanol–water partition coefficient (Wildman–Crippen LogP) is 3.36. The van der Waals surface area contributed by atoms with Crippen LogP contribution in [0.3, 0.4) is 0 Å². The first-order valence-electron chi connectivity index (χ1n) is 8.57. The van der Waals surface area contributed by atoms with Crippen LogP contribution in [-0.2, 0) is 23.7 Å². The van der Waals surface area contributed by atoms with Crippen molar-refractivity contribution >= 4 is 0 Å². The van der Waals surface area contributed by atoms with Gasteiger partial charge >= 0.3 is 0 Å². The van der Waals surface area contributed by atoms with Crippen LogP contribution in [0.15, 0.2) is 0 Å². The van der Waals surface area contributed by atoms with Gasteiger partial charge in [0.1, 0.15) is 6.10 Å². The Balaban J connectivity index is 2.38. The molecule has 0 aromatic carbocycles. The summed E-state index contributed by atoms with van der Waals surface area (Å²) in [5, 5.41) is 0. The smallest absolute Gasteiger partial charge is 0.285 e. The van der Waals surface area contributed by atoms with E-state index in [1.54, 1.807) is 21.3 Å². The zero-order chi connectivity index (χ0) is 16.3. The average molecular weight is 318 g/mol. The summed E-state index contributed by atoms with van der Waals surface area (Å²) in [5.41, 5.74) is 0. The highest BCUT2D eigenvalue weighted by molar-refractivity contribution is 4.72. The molecule has 0 aliphatic carbocycles. The van der Waals surface area contributed by atoms with Gasteiger partial charge in [-0.3, -0.25) is 0 Å². The van der Waals surface area contributed by atoms with E-state index in [0.717, 1.165) is 25.9 Å². The van der Waals surface area contributed by atoms with Gasteiger partial charge in [-0.25, -0.2) is 0 Å². The molecule has 0 spiro atoms. The topological polar surface area (TPSA) is 49.5 Å². The molecular formula is C17H34O5. The molecule has 0 N–H and O–H groups in total. The second kappa shape index (κ2) is 11.4. The molecule has 0 saturated carbocycles. The largest absolute Gasteiger partial charge is 0.379 e. The number of hydrogen-bond donors (Lipinski definition) is 0. The van der Waals surface area contributed by atoms with E-state index in [2.05, 4.69) is 6.92 Å². The molecule has 1 aliphatic heterocycles. The highest BCUT2D eigenvalue weighted by atomic mass is 16.9. The zero-order valence-electron chi connectivity index (χ0n) is 14.8. The Hall–Kier alpha value is -0.200. The van der Waals surface area contributed by atoms with Crippen LogP contribution in [-0.4, -0.2) is 53.2 Å². The van der Waals surface area contributed by atoms with Gasteiger partial charge in [-0.1, -0.05) is 39.0 Å². The standard InChI is InChI=1S/C17H34O5/c1-5-6-7-8-9-10-15(17(18-2,19-3)20-4)11-12-21-13-16-14-22-16/h15-16H,5-14H2,1-4H3. The van der Waals surface area contributed by atoms with Gasteiger partial charge in [-0.05, 0) is 12.8 Å². The van der Waals surface area contributed by atoms with E-state index < -0.39 is 5.97 Å². The van der Waals surface area contributed by atoms with Crippen molar-refractivity contribution in [1.82, 2.24) is 0 Å². The first-order chi connectivity index (χ1) is 10.7. The summed E-state index contributed by atoms with van der Waals surface area (Å²) in [5.74, 6) is -0.807. The first-order valence-corrected chi connectivity index (χ1v) is 8.57. The average Bonchev–Trinajstić information content (AvgIpc) is 3.36. The van der Waals surface area contributed by atoms with E-state index in [1.807, 2.05) is 0 Å². The third-order valence-electron chi connectivity index (χ3n) is 4.33. The normalized spacial score (nSPS) is 19.4. The fraction of sp³-hybridized carbons (Fsp3) is 1.00. The molecule has 2 atom stereocenters. The molecule has 1 heterocycles. The summed E-state index contributed by atoms with van der Waals surface area (Å²) in [6.07, 6.45) is 8.45. The molecule has 2 unspecified atom stereocenters. The lowest BCUT2D eigenvalue weighted by atomic mass is 9.94. The van der Waals surface area contributed by atoms with Gasteiger partial charge in [0.05, 0.1) is 13.2 Å². The monoisotopic (exact) mass is 318 g/mol. The fourth-order valence-corrected chi connectivity index (χ4v) is 2.85. The summed E-state index contributed by atoms with van der Waals surface area (Å²) in [7, 11) is 4.90. The summed E-state index contributed by atoms with van der Waals surface area (Å²) in [6.45, 7) is 4.43. The van der Waals surface area contributed by atoms with Crippen LogP contribution in [0, 0.1) is 5.92 Å². The number of methoxy groups -OCH3 is 3. The Bertz CT molecular complexity index is 256. The van der Waals surface area contributed by atoms with Crippen molar-refractivity contribution in [2.24, 2.45) is 5.92 Å². The van der Waals surface area contributed by atoms with E-state index in [0.29, 0.717) is 19.3 Å². The van der Waals surface area contributed by atoms with Crippen LogP contribution < -0.4 is 0 Å². The Morgan fingerprint density at radius 2 is 1.64 bits per heavy atom. The molecule has 1 fully saturated rings. The highest BCUT2D eigenvalue weighted by Crippen LogP contribution is 2.31. The second-order valence-corrected chi connectivity index (χ2v) is 5.93. The van der Waals surface area contributed by atoms with E-state index >= 15 is 0 Å². The first kappa shape index (κ1) is 19.8. The third kappa shape index (κ3) is 6.92. The molecule has 1 rings (SSSR count).